The smallest absolute Gasteiger partial charge is 0.308 e. The van der Waals surface area contributed by atoms with Gasteiger partial charge in [-0.25, -0.2) is 0 Å². The van der Waals surface area contributed by atoms with Crippen molar-refractivity contribution in [2.24, 2.45) is 17.8 Å². The number of carboxylic acids is 1. The van der Waals surface area contributed by atoms with Crippen molar-refractivity contribution in [2.75, 3.05) is 13.1 Å². The zero-order valence-corrected chi connectivity index (χ0v) is 14.0. The number of amides is 1. The highest BCUT2D eigenvalue weighted by molar-refractivity contribution is 5.89. The first kappa shape index (κ1) is 15.7. The van der Waals surface area contributed by atoms with Gasteiger partial charge in [-0.1, -0.05) is 43.2 Å². The van der Waals surface area contributed by atoms with E-state index in [9.17, 15) is 14.7 Å². The highest BCUT2D eigenvalue weighted by Gasteiger charge is 2.51. The minimum Gasteiger partial charge on any atom is -0.481 e. The quantitative estimate of drug-likeness (QED) is 0.924. The molecule has 3 fully saturated rings. The molecule has 1 aliphatic heterocycles. The van der Waals surface area contributed by atoms with Crippen LogP contribution in [0.3, 0.4) is 0 Å². The Morgan fingerprint density at radius 3 is 2.29 bits per heavy atom. The van der Waals surface area contributed by atoms with Crippen LogP contribution < -0.4 is 0 Å². The molecule has 2 atom stereocenters. The molecule has 0 aromatic heterocycles. The summed E-state index contributed by atoms with van der Waals surface area (Å²) >= 11 is 0. The fraction of sp³-hybridized carbons (Fsp3) is 0.600. The molecule has 0 radical (unpaired) electrons. The monoisotopic (exact) mass is 327 g/mol. The lowest BCUT2D eigenvalue weighted by atomic mass is 9.77. The topological polar surface area (TPSA) is 57.6 Å². The van der Waals surface area contributed by atoms with E-state index in [0.717, 1.165) is 44.1 Å². The fourth-order valence-electron chi connectivity index (χ4n) is 4.92. The van der Waals surface area contributed by atoms with Crippen LogP contribution in [0, 0.1) is 17.8 Å². The number of carboxylic acid groups (broad SMARTS) is 1. The summed E-state index contributed by atoms with van der Waals surface area (Å²) in [5.74, 6) is -0.278. The zero-order chi connectivity index (χ0) is 16.7. The Labute approximate surface area is 142 Å². The summed E-state index contributed by atoms with van der Waals surface area (Å²) in [5.41, 5.74) is 0.678. The maximum atomic E-state index is 13.5. The maximum absolute atomic E-state index is 13.5. The van der Waals surface area contributed by atoms with Gasteiger partial charge >= 0.3 is 5.97 Å². The van der Waals surface area contributed by atoms with Crippen LogP contribution >= 0.6 is 0 Å². The predicted octanol–water partition coefficient (Wildman–Crippen LogP) is 3.07. The Bertz CT molecular complexity index is 632. The summed E-state index contributed by atoms with van der Waals surface area (Å²) in [6.07, 6.45) is 6.17. The molecule has 0 bridgehead atoms. The second kappa shape index (κ2) is 5.91. The lowest BCUT2D eigenvalue weighted by molar-refractivity contribution is -0.143. The van der Waals surface area contributed by atoms with E-state index in [1.807, 2.05) is 23.1 Å². The van der Waals surface area contributed by atoms with E-state index in [1.165, 1.54) is 0 Å². The van der Waals surface area contributed by atoms with Crippen LogP contribution in [-0.4, -0.2) is 35.0 Å². The Kier molecular flexibility index (Phi) is 3.86. The standard InChI is InChI=1S/C20H25NO3/c22-18(23)17-13-21(12-16(17)14-8-9-14)19(24)20(10-4-5-11-20)15-6-2-1-3-7-15/h1-3,6-7,14,16-17H,4-5,8-13H2,(H,22,23)/t16-,17+/m1/s1. The van der Waals surface area contributed by atoms with Gasteiger partial charge in [0, 0.05) is 13.1 Å². The van der Waals surface area contributed by atoms with Gasteiger partial charge in [0.05, 0.1) is 11.3 Å². The lowest BCUT2D eigenvalue weighted by Gasteiger charge is -2.33. The normalized spacial score (nSPS) is 28.9. The molecule has 2 saturated carbocycles. The first-order chi connectivity index (χ1) is 11.6. The number of carbonyl (C=O) groups is 2. The Morgan fingerprint density at radius 2 is 1.71 bits per heavy atom. The van der Waals surface area contributed by atoms with Crippen molar-refractivity contribution in [2.45, 2.75) is 43.9 Å². The number of hydrogen-bond donors (Lipinski definition) is 1. The number of nitrogens with zero attached hydrogens (tertiary/aromatic N) is 1. The van der Waals surface area contributed by atoms with E-state index < -0.39 is 11.4 Å². The summed E-state index contributed by atoms with van der Waals surface area (Å²) in [6, 6.07) is 10.1. The molecule has 1 N–H and O–H groups in total. The summed E-state index contributed by atoms with van der Waals surface area (Å²) in [7, 11) is 0. The summed E-state index contributed by atoms with van der Waals surface area (Å²) in [6.45, 7) is 1.03. The molecule has 2 aliphatic carbocycles. The number of rotatable bonds is 4. The summed E-state index contributed by atoms with van der Waals surface area (Å²) in [5, 5.41) is 9.57. The van der Waals surface area contributed by atoms with E-state index in [1.54, 1.807) is 0 Å². The van der Waals surface area contributed by atoms with Crippen molar-refractivity contribution < 1.29 is 14.7 Å². The van der Waals surface area contributed by atoms with Gasteiger partial charge < -0.3 is 10.0 Å². The third kappa shape index (κ3) is 2.52. The van der Waals surface area contributed by atoms with Crippen LogP contribution in [0.1, 0.15) is 44.1 Å². The van der Waals surface area contributed by atoms with Gasteiger partial charge in [0.15, 0.2) is 0 Å². The van der Waals surface area contributed by atoms with Gasteiger partial charge in [-0.3, -0.25) is 9.59 Å². The molecule has 128 valence electrons. The molecule has 1 aromatic carbocycles. The molecule has 3 aliphatic rings. The minimum atomic E-state index is -0.734. The minimum absolute atomic E-state index is 0.153. The summed E-state index contributed by atoms with van der Waals surface area (Å²) < 4.78 is 0. The SMILES string of the molecule is O=C(O)[C@H]1CN(C(=O)C2(c3ccccc3)CCCC2)C[C@@H]1C1CC1. The van der Waals surface area contributed by atoms with Gasteiger partial charge in [0.25, 0.3) is 0 Å². The highest BCUT2D eigenvalue weighted by Crippen LogP contribution is 2.47. The number of benzene rings is 1. The Hall–Kier alpha value is -1.84. The molecular formula is C20H25NO3. The van der Waals surface area contributed by atoms with E-state index in [2.05, 4.69) is 12.1 Å². The maximum Gasteiger partial charge on any atom is 0.308 e. The van der Waals surface area contributed by atoms with Crippen molar-refractivity contribution in [3.63, 3.8) is 0 Å². The highest BCUT2D eigenvalue weighted by atomic mass is 16.4. The van der Waals surface area contributed by atoms with Gasteiger partial charge in [0.1, 0.15) is 0 Å². The molecule has 4 heteroatoms. The van der Waals surface area contributed by atoms with Crippen molar-refractivity contribution >= 4 is 11.9 Å². The number of hydrogen-bond acceptors (Lipinski definition) is 2. The average molecular weight is 327 g/mol. The lowest BCUT2D eigenvalue weighted by Crippen LogP contribution is -2.45. The fourth-order valence-corrected chi connectivity index (χ4v) is 4.92. The van der Waals surface area contributed by atoms with Gasteiger partial charge in [0.2, 0.25) is 5.91 Å². The molecule has 1 saturated heterocycles. The molecule has 24 heavy (non-hydrogen) atoms. The van der Waals surface area contributed by atoms with Crippen LogP contribution in [0.5, 0.6) is 0 Å². The largest absolute Gasteiger partial charge is 0.481 e. The van der Waals surface area contributed by atoms with Crippen LogP contribution in [0.25, 0.3) is 0 Å². The van der Waals surface area contributed by atoms with Crippen molar-refractivity contribution in [3.8, 4) is 0 Å². The van der Waals surface area contributed by atoms with E-state index in [0.29, 0.717) is 19.0 Å². The number of carbonyl (C=O) groups excluding carboxylic acids is 1. The molecule has 0 unspecified atom stereocenters. The summed E-state index contributed by atoms with van der Waals surface area (Å²) in [4.78, 5) is 27.0. The third-order valence-corrected chi connectivity index (χ3v) is 6.39. The van der Waals surface area contributed by atoms with E-state index >= 15 is 0 Å². The Morgan fingerprint density at radius 1 is 1.04 bits per heavy atom. The Balaban J connectivity index is 1.61. The van der Waals surface area contributed by atoms with Gasteiger partial charge in [-0.2, -0.15) is 0 Å². The average Bonchev–Trinajstić information content (AvgIpc) is 3.15. The number of aliphatic carboxylic acids is 1. The molecule has 4 nitrogen and oxygen atoms in total. The molecule has 0 spiro atoms. The van der Waals surface area contributed by atoms with Gasteiger partial charge in [-0.05, 0) is 43.1 Å². The van der Waals surface area contributed by atoms with E-state index in [4.69, 9.17) is 0 Å². The molecule has 1 amide bonds. The molecule has 4 rings (SSSR count). The van der Waals surface area contributed by atoms with Crippen molar-refractivity contribution in [1.29, 1.82) is 0 Å². The molecular weight excluding hydrogens is 302 g/mol. The van der Waals surface area contributed by atoms with Crippen LogP contribution in [0.4, 0.5) is 0 Å². The second-order valence-electron chi connectivity index (χ2n) is 7.81. The second-order valence-corrected chi connectivity index (χ2v) is 7.81. The first-order valence-corrected chi connectivity index (χ1v) is 9.19. The van der Waals surface area contributed by atoms with Gasteiger partial charge in [-0.15, -0.1) is 0 Å². The molecule has 1 heterocycles. The zero-order valence-electron chi connectivity index (χ0n) is 14.0. The van der Waals surface area contributed by atoms with E-state index in [-0.39, 0.29) is 17.7 Å². The third-order valence-electron chi connectivity index (χ3n) is 6.39. The van der Waals surface area contributed by atoms with Crippen molar-refractivity contribution in [3.05, 3.63) is 35.9 Å². The molecule has 1 aromatic rings. The van der Waals surface area contributed by atoms with Crippen molar-refractivity contribution in [1.82, 2.24) is 4.90 Å². The van der Waals surface area contributed by atoms with Crippen LogP contribution in [0.15, 0.2) is 30.3 Å². The predicted molar refractivity (Wildman–Crippen MR) is 90.5 cm³/mol. The first-order valence-electron chi connectivity index (χ1n) is 9.19. The van der Waals surface area contributed by atoms with Crippen LogP contribution in [0.2, 0.25) is 0 Å². The van der Waals surface area contributed by atoms with Crippen LogP contribution in [-0.2, 0) is 15.0 Å². The number of likely N-dealkylation sites (tertiary alicyclic amines) is 1.